The van der Waals surface area contributed by atoms with Gasteiger partial charge in [0, 0.05) is 20.8 Å². The van der Waals surface area contributed by atoms with Crippen LogP contribution in [0.25, 0.3) is 0 Å². The average Bonchev–Trinajstić information content (AvgIpc) is 2.90. The van der Waals surface area contributed by atoms with Gasteiger partial charge in [0.2, 0.25) is 0 Å². The molecule has 0 radical (unpaired) electrons. The van der Waals surface area contributed by atoms with Gasteiger partial charge in [-0.05, 0) is 5.56 Å². The molecule has 0 saturated carbocycles. The number of aliphatic hydroxyl groups excluding tert-OH is 1. The zero-order valence-corrected chi connectivity index (χ0v) is 15.9. The molecule has 9 heteroatoms. The first-order chi connectivity index (χ1) is 13.3. The SMILES string of the molecule is CC(=O)O[C@H]1[C@H]([C@@H](COCc2ccccc2)OC(C)=O)OC(O)[C@@H]1OC(C)=O. The van der Waals surface area contributed by atoms with Crippen LogP contribution in [-0.4, -0.2) is 60.3 Å². The van der Waals surface area contributed by atoms with Crippen LogP contribution < -0.4 is 0 Å². The Balaban J connectivity index is 2.13. The first kappa shape index (κ1) is 21.8. The molecule has 1 fully saturated rings. The second kappa shape index (κ2) is 10.2. The molecule has 1 N–H and O–H groups in total. The van der Waals surface area contributed by atoms with E-state index in [2.05, 4.69) is 0 Å². The van der Waals surface area contributed by atoms with Gasteiger partial charge in [-0.25, -0.2) is 0 Å². The van der Waals surface area contributed by atoms with Crippen LogP contribution in [0.3, 0.4) is 0 Å². The molecular formula is C19H24O9. The second-order valence-electron chi connectivity index (χ2n) is 6.29. The minimum absolute atomic E-state index is 0.0869. The van der Waals surface area contributed by atoms with Crippen molar-refractivity contribution in [3.8, 4) is 0 Å². The van der Waals surface area contributed by atoms with Crippen LogP contribution in [-0.2, 0) is 44.7 Å². The molecule has 0 bridgehead atoms. The van der Waals surface area contributed by atoms with E-state index in [0.29, 0.717) is 0 Å². The summed E-state index contributed by atoms with van der Waals surface area (Å²) in [5, 5.41) is 10.1. The highest BCUT2D eigenvalue weighted by atomic mass is 16.7. The summed E-state index contributed by atoms with van der Waals surface area (Å²) in [6.45, 7) is 3.69. The molecule has 1 aromatic carbocycles. The molecule has 0 aromatic heterocycles. The number of esters is 3. The number of aliphatic hydroxyl groups is 1. The molecule has 0 amide bonds. The summed E-state index contributed by atoms with van der Waals surface area (Å²) in [4.78, 5) is 34.3. The van der Waals surface area contributed by atoms with E-state index < -0.39 is 48.6 Å². The maximum Gasteiger partial charge on any atom is 0.303 e. The zero-order chi connectivity index (χ0) is 20.7. The third-order valence-corrected chi connectivity index (χ3v) is 3.91. The van der Waals surface area contributed by atoms with E-state index >= 15 is 0 Å². The topological polar surface area (TPSA) is 118 Å². The highest BCUT2D eigenvalue weighted by Gasteiger charge is 2.52. The van der Waals surface area contributed by atoms with Crippen LogP contribution in [0.1, 0.15) is 26.3 Å². The summed E-state index contributed by atoms with van der Waals surface area (Å²) in [7, 11) is 0. The summed E-state index contributed by atoms with van der Waals surface area (Å²) in [5.74, 6) is -1.96. The fourth-order valence-corrected chi connectivity index (χ4v) is 2.88. The minimum atomic E-state index is -1.55. The molecule has 154 valence electrons. The summed E-state index contributed by atoms with van der Waals surface area (Å²) < 4.78 is 26.5. The van der Waals surface area contributed by atoms with Gasteiger partial charge in [-0.15, -0.1) is 0 Å². The summed E-state index contributed by atoms with van der Waals surface area (Å²) in [6.07, 6.45) is -6.05. The zero-order valence-electron chi connectivity index (χ0n) is 15.9. The molecule has 9 nitrogen and oxygen atoms in total. The Labute approximate surface area is 162 Å². The Bertz CT molecular complexity index is 675. The third-order valence-electron chi connectivity index (χ3n) is 3.91. The van der Waals surface area contributed by atoms with Crippen molar-refractivity contribution in [1.82, 2.24) is 0 Å². The maximum absolute atomic E-state index is 11.5. The maximum atomic E-state index is 11.5. The van der Waals surface area contributed by atoms with Crippen molar-refractivity contribution in [2.24, 2.45) is 0 Å². The highest BCUT2D eigenvalue weighted by molar-refractivity contribution is 5.68. The average molecular weight is 396 g/mol. The van der Waals surface area contributed by atoms with E-state index in [1.54, 1.807) is 0 Å². The second-order valence-corrected chi connectivity index (χ2v) is 6.29. The molecular weight excluding hydrogens is 372 g/mol. The van der Waals surface area contributed by atoms with Crippen molar-refractivity contribution in [3.05, 3.63) is 35.9 Å². The van der Waals surface area contributed by atoms with E-state index in [4.69, 9.17) is 23.7 Å². The van der Waals surface area contributed by atoms with Gasteiger partial charge in [0.15, 0.2) is 24.6 Å². The van der Waals surface area contributed by atoms with Gasteiger partial charge in [0.1, 0.15) is 6.10 Å². The Morgan fingerprint density at radius 2 is 1.61 bits per heavy atom. The minimum Gasteiger partial charge on any atom is -0.457 e. The number of ether oxygens (including phenoxy) is 5. The van der Waals surface area contributed by atoms with Gasteiger partial charge < -0.3 is 28.8 Å². The third kappa shape index (κ3) is 6.29. The molecule has 1 aromatic rings. The number of hydrogen-bond acceptors (Lipinski definition) is 9. The van der Waals surface area contributed by atoms with Crippen molar-refractivity contribution in [2.75, 3.05) is 6.61 Å². The quantitative estimate of drug-likeness (QED) is 0.501. The summed E-state index contributed by atoms with van der Waals surface area (Å²) in [5.41, 5.74) is 0.908. The predicted molar refractivity (Wildman–Crippen MR) is 93.6 cm³/mol. The van der Waals surface area contributed by atoms with Gasteiger partial charge in [-0.2, -0.15) is 0 Å². The first-order valence-corrected chi connectivity index (χ1v) is 8.74. The summed E-state index contributed by atoms with van der Waals surface area (Å²) in [6, 6.07) is 9.33. The number of carbonyl (C=O) groups is 3. The van der Waals surface area contributed by atoms with Crippen molar-refractivity contribution in [2.45, 2.75) is 58.1 Å². The molecule has 2 rings (SSSR count). The van der Waals surface area contributed by atoms with Gasteiger partial charge in [0.25, 0.3) is 0 Å². The van der Waals surface area contributed by atoms with Crippen LogP contribution in [0.15, 0.2) is 30.3 Å². The van der Waals surface area contributed by atoms with Crippen molar-refractivity contribution >= 4 is 17.9 Å². The van der Waals surface area contributed by atoms with Crippen molar-refractivity contribution < 1.29 is 43.2 Å². The largest absolute Gasteiger partial charge is 0.457 e. The van der Waals surface area contributed by atoms with Crippen molar-refractivity contribution in [3.63, 3.8) is 0 Å². The van der Waals surface area contributed by atoms with Gasteiger partial charge in [-0.1, -0.05) is 30.3 Å². The molecule has 28 heavy (non-hydrogen) atoms. The van der Waals surface area contributed by atoms with E-state index in [1.165, 1.54) is 13.8 Å². The number of rotatable bonds is 8. The molecule has 1 unspecified atom stereocenters. The smallest absolute Gasteiger partial charge is 0.303 e. The molecule has 1 saturated heterocycles. The molecule has 1 heterocycles. The fourth-order valence-electron chi connectivity index (χ4n) is 2.88. The van der Waals surface area contributed by atoms with Crippen LogP contribution in [0.4, 0.5) is 0 Å². The monoisotopic (exact) mass is 396 g/mol. The highest BCUT2D eigenvalue weighted by Crippen LogP contribution is 2.29. The van der Waals surface area contributed by atoms with Crippen molar-refractivity contribution in [1.29, 1.82) is 0 Å². The Morgan fingerprint density at radius 1 is 1.00 bits per heavy atom. The number of carbonyl (C=O) groups excluding carboxylic acids is 3. The van der Waals surface area contributed by atoms with Crippen LogP contribution in [0, 0.1) is 0 Å². The molecule has 0 aliphatic carbocycles. The van der Waals surface area contributed by atoms with E-state index in [1.807, 2.05) is 30.3 Å². The van der Waals surface area contributed by atoms with Crippen LogP contribution >= 0.6 is 0 Å². The number of benzene rings is 1. The Morgan fingerprint density at radius 3 is 2.18 bits per heavy atom. The normalized spacial score (nSPS) is 25.0. The van der Waals surface area contributed by atoms with E-state index in [9.17, 15) is 19.5 Å². The predicted octanol–water partition coefficient (Wildman–Crippen LogP) is 0.715. The Hall–Kier alpha value is -2.49. The van der Waals surface area contributed by atoms with E-state index in [0.717, 1.165) is 12.5 Å². The fraction of sp³-hybridized carbons (Fsp3) is 0.526. The van der Waals surface area contributed by atoms with Gasteiger partial charge in [-0.3, -0.25) is 14.4 Å². The first-order valence-electron chi connectivity index (χ1n) is 8.74. The lowest BCUT2D eigenvalue weighted by Gasteiger charge is -2.27. The van der Waals surface area contributed by atoms with Crippen LogP contribution in [0.2, 0.25) is 0 Å². The van der Waals surface area contributed by atoms with Gasteiger partial charge >= 0.3 is 17.9 Å². The molecule has 1 aliphatic rings. The Kier molecular flexibility index (Phi) is 7.91. The lowest BCUT2D eigenvalue weighted by atomic mass is 10.1. The lowest BCUT2D eigenvalue weighted by Crippen LogP contribution is -2.46. The van der Waals surface area contributed by atoms with Crippen LogP contribution in [0.5, 0.6) is 0 Å². The van der Waals surface area contributed by atoms with E-state index in [-0.39, 0.29) is 13.2 Å². The standard InChI is InChI=1S/C19H24O9/c1-11(20)25-15(10-24-9-14-7-5-4-6-8-14)16-17(26-12(2)21)18(19(23)28-16)27-13(3)22/h4-8,15-19,23H,9-10H2,1-3H3/t15-,16+,17+,18-,19?/m1/s1. The molecule has 0 spiro atoms. The summed E-state index contributed by atoms with van der Waals surface area (Å²) >= 11 is 0. The number of hydrogen-bond donors (Lipinski definition) is 1. The molecule has 5 atom stereocenters. The molecule has 1 aliphatic heterocycles. The lowest BCUT2D eigenvalue weighted by molar-refractivity contribution is -0.183. The van der Waals surface area contributed by atoms with Gasteiger partial charge in [0.05, 0.1) is 13.2 Å².